The zero-order chi connectivity index (χ0) is 19.6. The Bertz CT molecular complexity index is 641. The second-order valence-corrected chi connectivity index (χ2v) is 7.40. The molecule has 1 fully saturated rings. The van der Waals surface area contributed by atoms with E-state index >= 15 is 0 Å². The average Bonchev–Trinajstić information content (AvgIpc) is 3.08. The van der Waals surface area contributed by atoms with Crippen molar-refractivity contribution in [1.29, 1.82) is 0 Å². The second kappa shape index (κ2) is 10.7. The van der Waals surface area contributed by atoms with Crippen LogP contribution in [-0.2, 0) is 11.3 Å². The standard InChI is InChI=1S/C21H33N5O/c1-17(2)13-22-21(24-15-20(27)25(3)4)23-14-19-11-8-12-26(19)16-18-9-6-5-7-10-18/h5-7,9-10,19H,1,8,11-16H2,2-4H3,(H2,22,23,24). The van der Waals surface area contributed by atoms with Gasteiger partial charge in [-0.3, -0.25) is 9.69 Å². The molecule has 1 saturated heterocycles. The van der Waals surface area contributed by atoms with E-state index < -0.39 is 0 Å². The highest BCUT2D eigenvalue weighted by Gasteiger charge is 2.24. The van der Waals surface area contributed by atoms with Crippen molar-refractivity contribution in [3.63, 3.8) is 0 Å². The summed E-state index contributed by atoms with van der Waals surface area (Å²) in [5.74, 6) is 0.651. The molecule has 1 unspecified atom stereocenters. The number of nitrogens with zero attached hydrogens (tertiary/aromatic N) is 3. The molecule has 0 bridgehead atoms. The van der Waals surface area contributed by atoms with E-state index in [-0.39, 0.29) is 12.5 Å². The van der Waals surface area contributed by atoms with Crippen LogP contribution in [0.5, 0.6) is 0 Å². The minimum atomic E-state index is -0.0157. The maximum absolute atomic E-state index is 11.8. The van der Waals surface area contributed by atoms with Gasteiger partial charge < -0.3 is 15.5 Å². The molecular formula is C21H33N5O. The summed E-state index contributed by atoms with van der Waals surface area (Å²) in [7, 11) is 3.48. The van der Waals surface area contributed by atoms with Gasteiger partial charge in [-0.05, 0) is 31.9 Å². The van der Waals surface area contributed by atoms with Gasteiger partial charge in [0.15, 0.2) is 5.96 Å². The van der Waals surface area contributed by atoms with Gasteiger partial charge in [-0.1, -0.05) is 42.5 Å². The molecule has 2 N–H and O–H groups in total. The highest BCUT2D eigenvalue weighted by Crippen LogP contribution is 2.19. The highest BCUT2D eigenvalue weighted by molar-refractivity contribution is 5.84. The molecule has 0 spiro atoms. The molecular weight excluding hydrogens is 338 g/mol. The summed E-state index contributed by atoms with van der Waals surface area (Å²) in [6.07, 6.45) is 2.38. The molecule has 6 nitrogen and oxygen atoms in total. The van der Waals surface area contributed by atoms with Crippen molar-refractivity contribution in [3.05, 3.63) is 48.0 Å². The third-order valence-corrected chi connectivity index (χ3v) is 4.66. The van der Waals surface area contributed by atoms with Gasteiger partial charge in [0.25, 0.3) is 0 Å². The Kier molecular flexibility index (Phi) is 8.33. The number of guanidine groups is 1. The van der Waals surface area contributed by atoms with Crippen LogP contribution in [0.2, 0.25) is 0 Å². The van der Waals surface area contributed by atoms with Gasteiger partial charge in [0.2, 0.25) is 5.91 Å². The second-order valence-electron chi connectivity index (χ2n) is 7.40. The van der Waals surface area contributed by atoms with Crippen LogP contribution in [0.4, 0.5) is 0 Å². The lowest BCUT2D eigenvalue weighted by atomic mass is 10.2. The Labute approximate surface area is 163 Å². The highest BCUT2D eigenvalue weighted by atomic mass is 16.2. The van der Waals surface area contributed by atoms with Crippen LogP contribution in [0.25, 0.3) is 0 Å². The number of amides is 1. The monoisotopic (exact) mass is 371 g/mol. The first kappa shape index (κ1) is 21.0. The van der Waals surface area contributed by atoms with Gasteiger partial charge in [0, 0.05) is 39.8 Å². The lowest BCUT2D eigenvalue weighted by Crippen LogP contribution is -2.45. The van der Waals surface area contributed by atoms with Crippen LogP contribution in [-0.4, -0.2) is 68.0 Å². The van der Waals surface area contributed by atoms with Crippen molar-refractivity contribution in [2.75, 3.05) is 40.3 Å². The SMILES string of the molecule is C=C(C)CNC(=NCC(=O)N(C)C)NCC1CCCN1Cc1ccccc1. The number of likely N-dealkylation sites (N-methyl/N-ethyl adjacent to an activating group) is 1. The molecule has 27 heavy (non-hydrogen) atoms. The molecule has 1 atom stereocenters. The topological polar surface area (TPSA) is 60.0 Å². The van der Waals surface area contributed by atoms with Crippen molar-refractivity contribution in [1.82, 2.24) is 20.4 Å². The molecule has 6 heteroatoms. The molecule has 1 aliphatic heterocycles. The molecule has 0 aliphatic carbocycles. The predicted octanol–water partition coefficient (Wildman–Crippen LogP) is 1.85. The first-order chi connectivity index (χ1) is 13.0. The average molecular weight is 372 g/mol. The smallest absolute Gasteiger partial charge is 0.243 e. The van der Waals surface area contributed by atoms with Crippen LogP contribution in [0, 0.1) is 0 Å². The first-order valence-electron chi connectivity index (χ1n) is 9.60. The van der Waals surface area contributed by atoms with Crippen LogP contribution in [0.3, 0.4) is 0 Å². The number of aliphatic imine (C=N–C) groups is 1. The Hall–Kier alpha value is -2.34. The number of rotatable bonds is 8. The molecule has 1 aromatic carbocycles. The lowest BCUT2D eigenvalue weighted by Gasteiger charge is -2.25. The number of likely N-dealkylation sites (tertiary alicyclic amines) is 1. The summed E-state index contributed by atoms with van der Waals surface area (Å²) in [5, 5.41) is 6.66. The largest absolute Gasteiger partial charge is 0.355 e. The van der Waals surface area contributed by atoms with E-state index in [0.29, 0.717) is 18.5 Å². The number of hydrogen-bond donors (Lipinski definition) is 2. The number of carbonyl (C=O) groups is 1. The predicted molar refractivity (Wildman–Crippen MR) is 112 cm³/mol. The number of hydrogen-bond acceptors (Lipinski definition) is 3. The van der Waals surface area contributed by atoms with Crippen LogP contribution in [0.1, 0.15) is 25.3 Å². The third kappa shape index (κ3) is 7.43. The minimum Gasteiger partial charge on any atom is -0.355 e. The minimum absolute atomic E-state index is 0.0157. The zero-order valence-corrected chi connectivity index (χ0v) is 16.9. The van der Waals surface area contributed by atoms with E-state index in [2.05, 4.69) is 57.4 Å². The van der Waals surface area contributed by atoms with Crippen molar-refractivity contribution < 1.29 is 4.79 Å². The van der Waals surface area contributed by atoms with Gasteiger partial charge >= 0.3 is 0 Å². The summed E-state index contributed by atoms with van der Waals surface area (Å²) >= 11 is 0. The lowest BCUT2D eigenvalue weighted by molar-refractivity contribution is -0.127. The fourth-order valence-electron chi connectivity index (χ4n) is 3.06. The van der Waals surface area contributed by atoms with Gasteiger partial charge in [-0.15, -0.1) is 0 Å². The Morgan fingerprint density at radius 3 is 2.70 bits per heavy atom. The van der Waals surface area contributed by atoms with Crippen molar-refractivity contribution in [2.45, 2.75) is 32.4 Å². The number of benzene rings is 1. The van der Waals surface area contributed by atoms with E-state index in [4.69, 9.17) is 0 Å². The van der Waals surface area contributed by atoms with E-state index in [0.717, 1.165) is 25.2 Å². The zero-order valence-electron chi connectivity index (χ0n) is 16.9. The van der Waals surface area contributed by atoms with Crippen molar-refractivity contribution in [3.8, 4) is 0 Å². The van der Waals surface area contributed by atoms with Crippen LogP contribution < -0.4 is 10.6 Å². The van der Waals surface area contributed by atoms with Crippen molar-refractivity contribution >= 4 is 11.9 Å². The Balaban J connectivity index is 1.92. The fourth-order valence-corrected chi connectivity index (χ4v) is 3.06. The summed E-state index contributed by atoms with van der Waals surface area (Å²) in [6, 6.07) is 11.1. The van der Waals surface area contributed by atoms with Crippen molar-refractivity contribution in [2.24, 2.45) is 4.99 Å². The van der Waals surface area contributed by atoms with E-state index in [1.165, 1.54) is 18.4 Å². The number of carbonyl (C=O) groups excluding carboxylic acids is 1. The maximum atomic E-state index is 11.8. The molecule has 0 saturated carbocycles. The van der Waals surface area contributed by atoms with E-state index in [1.54, 1.807) is 19.0 Å². The molecule has 1 aliphatic rings. The summed E-state index contributed by atoms with van der Waals surface area (Å²) in [5.41, 5.74) is 2.37. The van der Waals surface area contributed by atoms with Gasteiger partial charge in [0.1, 0.15) is 6.54 Å². The van der Waals surface area contributed by atoms with Crippen LogP contribution >= 0.6 is 0 Å². The summed E-state index contributed by atoms with van der Waals surface area (Å²) < 4.78 is 0. The molecule has 148 valence electrons. The van der Waals surface area contributed by atoms with Crippen LogP contribution in [0.15, 0.2) is 47.5 Å². The summed E-state index contributed by atoms with van der Waals surface area (Å²) in [6.45, 7) is 9.56. The maximum Gasteiger partial charge on any atom is 0.243 e. The molecule has 1 aromatic rings. The molecule has 0 radical (unpaired) electrons. The van der Waals surface area contributed by atoms with Gasteiger partial charge in [0.05, 0.1) is 0 Å². The molecule has 0 aromatic heterocycles. The van der Waals surface area contributed by atoms with Gasteiger partial charge in [-0.25, -0.2) is 4.99 Å². The molecule has 1 heterocycles. The Morgan fingerprint density at radius 2 is 2.04 bits per heavy atom. The summed E-state index contributed by atoms with van der Waals surface area (Å²) in [4.78, 5) is 20.3. The first-order valence-corrected chi connectivity index (χ1v) is 9.60. The number of nitrogens with one attached hydrogen (secondary N) is 2. The van der Waals surface area contributed by atoms with E-state index in [9.17, 15) is 4.79 Å². The molecule has 2 rings (SSSR count). The van der Waals surface area contributed by atoms with Gasteiger partial charge in [-0.2, -0.15) is 0 Å². The normalized spacial score (nSPS) is 17.6. The third-order valence-electron chi connectivity index (χ3n) is 4.66. The fraction of sp³-hybridized carbons (Fsp3) is 0.524. The quantitative estimate of drug-likeness (QED) is 0.416. The van der Waals surface area contributed by atoms with E-state index in [1.807, 2.05) is 6.92 Å². The Morgan fingerprint density at radius 1 is 1.30 bits per heavy atom. The molecule has 1 amide bonds.